The zero-order chi connectivity index (χ0) is 16.8. The number of nitrogens with one attached hydrogen (secondary N) is 2. The van der Waals surface area contributed by atoms with Gasteiger partial charge in [0.05, 0.1) is 12.3 Å². The predicted molar refractivity (Wildman–Crippen MR) is 84.0 cm³/mol. The van der Waals surface area contributed by atoms with Crippen LogP contribution < -0.4 is 10.6 Å². The number of carbonyl (C=O) groups excluding carboxylic acids is 2. The summed E-state index contributed by atoms with van der Waals surface area (Å²) in [4.78, 5) is 23.6. The predicted octanol–water partition coefficient (Wildman–Crippen LogP) is 1.88. The van der Waals surface area contributed by atoms with Gasteiger partial charge in [-0.15, -0.1) is 0 Å². The highest BCUT2D eigenvalue weighted by Crippen LogP contribution is 2.15. The molecule has 0 spiro atoms. The lowest BCUT2D eigenvalue weighted by atomic mass is 10.1. The van der Waals surface area contributed by atoms with Gasteiger partial charge in [-0.1, -0.05) is 30.3 Å². The molecule has 0 atom stereocenters. The first kappa shape index (κ1) is 16.6. The van der Waals surface area contributed by atoms with Gasteiger partial charge in [0.15, 0.2) is 0 Å². The molecule has 0 bridgehead atoms. The molecule has 0 aliphatic carbocycles. The molecule has 2 amide bonds. The topological polar surface area (TPSA) is 78.4 Å². The second-order valence-electron chi connectivity index (χ2n) is 5.05. The van der Waals surface area contributed by atoms with Crippen LogP contribution >= 0.6 is 0 Å². The highest BCUT2D eigenvalue weighted by atomic mass is 19.1. The number of amides is 2. The van der Waals surface area contributed by atoms with Gasteiger partial charge in [-0.25, -0.2) is 4.39 Å². The molecule has 0 aromatic heterocycles. The molecule has 0 heterocycles. The first-order valence-corrected chi connectivity index (χ1v) is 7.04. The molecule has 0 aliphatic heterocycles. The van der Waals surface area contributed by atoms with Gasteiger partial charge in [0.25, 0.3) is 0 Å². The van der Waals surface area contributed by atoms with Crippen molar-refractivity contribution in [3.05, 3.63) is 65.0 Å². The standard InChI is InChI=1S/C17H17FN2O3/c1-11-6-7-15(14(18)8-11)20-17(23)16(22)19-9-12-4-2-3-5-13(12)10-21/h2-8,21H,9-10H2,1H3,(H,19,22)(H,20,23). The maximum absolute atomic E-state index is 13.6. The molecule has 0 saturated carbocycles. The molecule has 2 aromatic rings. The molecule has 2 rings (SSSR count). The summed E-state index contributed by atoms with van der Waals surface area (Å²) in [5.74, 6) is -2.43. The van der Waals surface area contributed by atoms with Crippen molar-refractivity contribution >= 4 is 17.5 Å². The molecule has 0 aliphatic rings. The van der Waals surface area contributed by atoms with E-state index in [0.29, 0.717) is 16.7 Å². The summed E-state index contributed by atoms with van der Waals surface area (Å²) in [6, 6.07) is 11.3. The molecule has 23 heavy (non-hydrogen) atoms. The van der Waals surface area contributed by atoms with Crippen molar-refractivity contribution in [2.45, 2.75) is 20.1 Å². The molecule has 120 valence electrons. The van der Waals surface area contributed by atoms with E-state index in [0.717, 1.165) is 0 Å². The summed E-state index contributed by atoms with van der Waals surface area (Å²) in [5.41, 5.74) is 2.03. The fourth-order valence-corrected chi connectivity index (χ4v) is 2.04. The SMILES string of the molecule is Cc1ccc(NC(=O)C(=O)NCc2ccccc2CO)c(F)c1. The number of hydrogen-bond donors (Lipinski definition) is 3. The lowest BCUT2D eigenvalue weighted by Gasteiger charge is -2.10. The zero-order valence-electron chi connectivity index (χ0n) is 12.6. The van der Waals surface area contributed by atoms with Crippen molar-refractivity contribution in [3.63, 3.8) is 0 Å². The van der Waals surface area contributed by atoms with E-state index in [1.807, 2.05) is 0 Å². The van der Waals surface area contributed by atoms with Crippen LogP contribution in [0.3, 0.4) is 0 Å². The average Bonchev–Trinajstić information content (AvgIpc) is 2.55. The zero-order valence-corrected chi connectivity index (χ0v) is 12.6. The quantitative estimate of drug-likeness (QED) is 0.754. The van der Waals surface area contributed by atoms with Crippen LogP contribution in [-0.4, -0.2) is 16.9 Å². The van der Waals surface area contributed by atoms with E-state index in [9.17, 15) is 19.1 Å². The lowest BCUT2D eigenvalue weighted by molar-refractivity contribution is -0.136. The monoisotopic (exact) mass is 316 g/mol. The van der Waals surface area contributed by atoms with Crippen LogP contribution in [0.2, 0.25) is 0 Å². The van der Waals surface area contributed by atoms with Crippen LogP contribution in [0.15, 0.2) is 42.5 Å². The van der Waals surface area contributed by atoms with Crippen LogP contribution in [0.4, 0.5) is 10.1 Å². The Labute approximate surface area is 133 Å². The smallest absolute Gasteiger partial charge is 0.313 e. The normalized spacial score (nSPS) is 10.2. The van der Waals surface area contributed by atoms with Crippen molar-refractivity contribution in [2.75, 3.05) is 5.32 Å². The fourth-order valence-electron chi connectivity index (χ4n) is 2.04. The summed E-state index contributed by atoms with van der Waals surface area (Å²) in [5, 5.41) is 13.9. The number of benzene rings is 2. The largest absolute Gasteiger partial charge is 0.392 e. The number of aliphatic hydroxyl groups is 1. The van der Waals surface area contributed by atoms with E-state index in [1.165, 1.54) is 12.1 Å². The molecule has 0 unspecified atom stereocenters. The van der Waals surface area contributed by atoms with Gasteiger partial charge < -0.3 is 15.7 Å². The van der Waals surface area contributed by atoms with Crippen molar-refractivity contribution in [1.29, 1.82) is 0 Å². The first-order chi connectivity index (χ1) is 11.0. The highest BCUT2D eigenvalue weighted by molar-refractivity contribution is 6.39. The third-order valence-electron chi connectivity index (χ3n) is 3.31. The van der Waals surface area contributed by atoms with Gasteiger partial charge in [-0.05, 0) is 35.7 Å². The Morgan fingerprint density at radius 3 is 2.43 bits per heavy atom. The van der Waals surface area contributed by atoms with Crippen LogP contribution in [0, 0.1) is 12.7 Å². The molecule has 0 radical (unpaired) electrons. The van der Waals surface area contributed by atoms with Gasteiger partial charge in [0.1, 0.15) is 5.82 Å². The number of hydrogen-bond acceptors (Lipinski definition) is 3. The number of rotatable bonds is 4. The minimum absolute atomic E-state index is 0.0495. The van der Waals surface area contributed by atoms with Crippen molar-refractivity contribution in [1.82, 2.24) is 5.32 Å². The highest BCUT2D eigenvalue weighted by Gasteiger charge is 2.15. The second kappa shape index (κ2) is 7.51. The van der Waals surface area contributed by atoms with E-state index in [4.69, 9.17) is 0 Å². The number of aryl methyl sites for hydroxylation is 1. The van der Waals surface area contributed by atoms with E-state index in [1.54, 1.807) is 37.3 Å². The maximum atomic E-state index is 13.6. The van der Waals surface area contributed by atoms with Crippen LogP contribution in [0.5, 0.6) is 0 Å². The van der Waals surface area contributed by atoms with E-state index in [2.05, 4.69) is 10.6 Å². The van der Waals surface area contributed by atoms with Crippen molar-refractivity contribution < 1.29 is 19.1 Å². The Balaban J connectivity index is 1.96. The third-order valence-corrected chi connectivity index (χ3v) is 3.31. The summed E-state index contributed by atoms with van der Waals surface area (Å²) < 4.78 is 13.6. The molecule has 2 aromatic carbocycles. The minimum Gasteiger partial charge on any atom is -0.392 e. The summed E-state index contributed by atoms with van der Waals surface area (Å²) in [6.07, 6.45) is 0. The minimum atomic E-state index is -0.950. The number of halogens is 1. The average molecular weight is 316 g/mol. The Morgan fingerprint density at radius 1 is 1.09 bits per heavy atom. The van der Waals surface area contributed by atoms with Gasteiger partial charge in [0, 0.05) is 6.54 Å². The fraction of sp³-hybridized carbons (Fsp3) is 0.176. The molecular weight excluding hydrogens is 299 g/mol. The third kappa shape index (κ3) is 4.37. The molecular formula is C17H17FN2O3. The lowest BCUT2D eigenvalue weighted by Crippen LogP contribution is -2.35. The van der Waals surface area contributed by atoms with Gasteiger partial charge >= 0.3 is 11.8 Å². The van der Waals surface area contributed by atoms with E-state index >= 15 is 0 Å². The number of carbonyl (C=O) groups is 2. The van der Waals surface area contributed by atoms with Crippen LogP contribution in [-0.2, 0) is 22.7 Å². The molecule has 0 saturated heterocycles. The van der Waals surface area contributed by atoms with Crippen molar-refractivity contribution in [3.8, 4) is 0 Å². The summed E-state index contributed by atoms with van der Waals surface area (Å²) in [6.45, 7) is 1.66. The maximum Gasteiger partial charge on any atom is 0.313 e. The molecule has 3 N–H and O–H groups in total. The molecule has 6 heteroatoms. The summed E-state index contributed by atoms with van der Waals surface area (Å²) >= 11 is 0. The Hall–Kier alpha value is -2.73. The summed E-state index contributed by atoms with van der Waals surface area (Å²) in [7, 11) is 0. The van der Waals surface area contributed by atoms with E-state index < -0.39 is 17.6 Å². The van der Waals surface area contributed by atoms with Crippen LogP contribution in [0.25, 0.3) is 0 Å². The molecule has 5 nitrogen and oxygen atoms in total. The van der Waals surface area contributed by atoms with Gasteiger partial charge in [-0.2, -0.15) is 0 Å². The van der Waals surface area contributed by atoms with E-state index in [-0.39, 0.29) is 18.8 Å². The van der Waals surface area contributed by atoms with Gasteiger partial charge in [0.2, 0.25) is 0 Å². The van der Waals surface area contributed by atoms with Gasteiger partial charge in [-0.3, -0.25) is 9.59 Å². The van der Waals surface area contributed by atoms with Crippen LogP contribution in [0.1, 0.15) is 16.7 Å². The Kier molecular flexibility index (Phi) is 5.43. The Morgan fingerprint density at radius 2 is 1.78 bits per heavy atom. The molecule has 0 fully saturated rings. The second-order valence-corrected chi connectivity index (χ2v) is 5.05. The Bertz CT molecular complexity index is 732. The first-order valence-electron chi connectivity index (χ1n) is 7.04. The number of aliphatic hydroxyl groups excluding tert-OH is 1. The van der Waals surface area contributed by atoms with Crippen molar-refractivity contribution in [2.24, 2.45) is 0 Å². The number of anilines is 1.